The molecule has 0 heterocycles. The highest BCUT2D eigenvalue weighted by Crippen LogP contribution is 2.27. The van der Waals surface area contributed by atoms with Gasteiger partial charge in [0.2, 0.25) is 0 Å². The third-order valence-electron chi connectivity index (χ3n) is 2.26. The summed E-state index contributed by atoms with van der Waals surface area (Å²) >= 11 is 3.40. The predicted molar refractivity (Wildman–Crippen MR) is 68.5 cm³/mol. The summed E-state index contributed by atoms with van der Waals surface area (Å²) in [6.45, 7) is 4.17. The molecule has 0 amide bonds. The third kappa shape index (κ3) is 4.12. The van der Waals surface area contributed by atoms with Gasteiger partial charge in [-0.1, -0.05) is 15.9 Å². The molecule has 1 aromatic carbocycles. The molecule has 0 aliphatic heterocycles. The van der Waals surface area contributed by atoms with E-state index in [0.717, 1.165) is 15.8 Å². The number of halogens is 1. The highest BCUT2D eigenvalue weighted by molar-refractivity contribution is 9.10. The molecule has 0 aromatic heterocycles. The zero-order chi connectivity index (χ0) is 12.1. The Hall–Kier alpha value is -0.580. The molecule has 1 unspecified atom stereocenters. The number of ether oxygens (including phenoxy) is 1. The van der Waals surface area contributed by atoms with E-state index in [1.165, 1.54) is 0 Å². The minimum Gasteiger partial charge on any atom is -0.493 e. The predicted octanol–water partition coefficient (Wildman–Crippen LogP) is 2.62. The van der Waals surface area contributed by atoms with Crippen molar-refractivity contribution in [2.75, 3.05) is 6.61 Å². The maximum absolute atomic E-state index is 9.14. The van der Waals surface area contributed by atoms with Gasteiger partial charge in [-0.05, 0) is 32.0 Å². The largest absolute Gasteiger partial charge is 0.493 e. The minimum atomic E-state index is -0.339. The van der Waals surface area contributed by atoms with Gasteiger partial charge >= 0.3 is 0 Å². The van der Waals surface area contributed by atoms with Crippen LogP contribution in [0.5, 0.6) is 5.75 Å². The lowest BCUT2D eigenvalue weighted by Crippen LogP contribution is -2.11. The van der Waals surface area contributed by atoms with E-state index >= 15 is 0 Å². The Labute approximate surface area is 105 Å². The molecule has 1 rings (SSSR count). The summed E-state index contributed by atoms with van der Waals surface area (Å²) in [6, 6.07) is 5.70. The van der Waals surface area contributed by atoms with Crippen LogP contribution in [0.4, 0.5) is 0 Å². The normalized spacial score (nSPS) is 14.6. The molecule has 0 aliphatic carbocycles. The van der Waals surface area contributed by atoms with Crippen molar-refractivity contribution in [1.29, 1.82) is 0 Å². The molecule has 0 aliphatic rings. The molecule has 90 valence electrons. The molecule has 1 aromatic rings. The van der Waals surface area contributed by atoms with Crippen LogP contribution in [0.1, 0.15) is 31.9 Å². The van der Waals surface area contributed by atoms with Gasteiger partial charge in [0.25, 0.3) is 0 Å². The first-order chi connectivity index (χ1) is 7.50. The summed E-state index contributed by atoms with van der Waals surface area (Å²) in [4.78, 5) is 0. The highest BCUT2D eigenvalue weighted by atomic mass is 79.9. The van der Waals surface area contributed by atoms with Gasteiger partial charge in [-0.25, -0.2) is 0 Å². The molecule has 4 heteroatoms. The van der Waals surface area contributed by atoms with Gasteiger partial charge in [-0.3, -0.25) is 0 Å². The summed E-state index contributed by atoms with van der Waals surface area (Å²) in [7, 11) is 0. The maximum atomic E-state index is 9.14. The van der Waals surface area contributed by atoms with Gasteiger partial charge in [-0.15, -0.1) is 0 Å². The maximum Gasteiger partial charge on any atom is 0.124 e. The topological polar surface area (TPSA) is 55.5 Å². The Kier molecular flexibility index (Phi) is 5.25. The number of aliphatic hydroxyl groups is 1. The zero-order valence-electron chi connectivity index (χ0n) is 9.61. The quantitative estimate of drug-likeness (QED) is 0.875. The summed E-state index contributed by atoms with van der Waals surface area (Å²) < 4.78 is 6.59. The van der Waals surface area contributed by atoms with E-state index in [9.17, 15) is 0 Å². The van der Waals surface area contributed by atoms with Crippen molar-refractivity contribution in [2.24, 2.45) is 5.73 Å². The Morgan fingerprint density at radius 1 is 1.44 bits per heavy atom. The van der Waals surface area contributed by atoms with E-state index in [1.807, 2.05) is 25.1 Å². The van der Waals surface area contributed by atoms with Crippen LogP contribution in [0.3, 0.4) is 0 Å². The number of aliphatic hydroxyl groups excluding tert-OH is 1. The van der Waals surface area contributed by atoms with E-state index in [0.29, 0.717) is 13.0 Å². The molecule has 0 bridgehead atoms. The van der Waals surface area contributed by atoms with Crippen molar-refractivity contribution >= 4 is 15.9 Å². The van der Waals surface area contributed by atoms with E-state index in [2.05, 4.69) is 15.9 Å². The molecule has 0 fully saturated rings. The lowest BCUT2D eigenvalue weighted by Gasteiger charge is -2.15. The first-order valence-corrected chi connectivity index (χ1v) is 6.16. The van der Waals surface area contributed by atoms with E-state index in [4.69, 9.17) is 15.6 Å². The highest BCUT2D eigenvalue weighted by Gasteiger charge is 2.09. The summed E-state index contributed by atoms with van der Waals surface area (Å²) in [5.41, 5.74) is 6.84. The van der Waals surface area contributed by atoms with Crippen molar-refractivity contribution in [1.82, 2.24) is 0 Å². The van der Waals surface area contributed by atoms with Crippen LogP contribution in [-0.4, -0.2) is 17.8 Å². The van der Waals surface area contributed by atoms with Gasteiger partial charge in [0.05, 0.1) is 12.7 Å². The van der Waals surface area contributed by atoms with E-state index < -0.39 is 0 Å². The lowest BCUT2D eigenvalue weighted by molar-refractivity contribution is 0.155. The summed E-state index contributed by atoms with van der Waals surface area (Å²) in [5.74, 6) is 0.791. The van der Waals surface area contributed by atoms with Gasteiger partial charge in [-0.2, -0.15) is 0 Å². The molecule has 0 saturated heterocycles. The first kappa shape index (κ1) is 13.5. The van der Waals surface area contributed by atoms with Crippen LogP contribution in [0.25, 0.3) is 0 Å². The van der Waals surface area contributed by atoms with Crippen LogP contribution in [-0.2, 0) is 0 Å². The monoisotopic (exact) mass is 287 g/mol. The number of hydrogen-bond donors (Lipinski definition) is 2. The third-order valence-corrected chi connectivity index (χ3v) is 2.75. The van der Waals surface area contributed by atoms with E-state index in [-0.39, 0.29) is 12.1 Å². The Morgan fingerprint density at radius 3 is 2.69 bits per heavy atom. The number of hydrogen-bond acceptors (Lipinski definition) is 3. The SMILES string of the molecule is CC(O)CCOc1ccc(Br)cc1[C@H](C)N. The molecule has 3 N–H and O–H groups in total. The molecule has 0 saturated carbocycles. The summed E-state index contributed by atoms with van der Waals surface area (Å²) in [6.07, 6.45) is 0.281. The molecule has 0 spiro atoms. The minimum absolute atomic E-state index is 0.0703. The van der Waals surface area contributed by atoms with Crippen LogP contribution in [0.2, 0.25) is 0 Å². The van der Waals surface area contributed by atoms with Gasteiger partial charge in [0.1, 0.15) is 5.75 Å². The first-order valence-electron chi connectivity index (χ1n) is 5.36. The average molecular weight is 288 g/mol. The second-order valence-electron chi connectivity index (χ2n) is 3.96. The van der Waals surface area contributed by atoms with Crippen LogP contribution >= 0.6 is 15.9 Å². The van der Waals surface area contributed by atoms with Crippen molar-refractivity contribution in [3.05, 3.63) is 28.2 Å². The molecular formula is C12H18BrNO2. The van der Waals surface area contributed by atoms with Gasteiger partial charge in [0.15, 0.2) is 0 Å². The van der Waals surface area contributed by atoms with Crippen LogP contribution < -0.4 is 10.5 Å². The standard InChI is InChI=1S/C12H18BrNO2/c1-8(15)5-6-16-12-4-3-10(13)7-11(12)9(2)14/h3-4,7-9,15H,5-6,14H2,1-2H3/t8?,9-/m0/s1. The van der Waals surface area contributed by atoms with Crippen molar-refractivity contribution in [3.63, 3.8) is 0 Å². The Balaban J connectivity index is 2.71. The van der Waals surface area contributed by atoms with Crippen LogP contribution in [0, 0.1) is 0 Å². The van der Waals surface area contributed by atoms with E-state index in [1.54, 1.807) is 6.92 Å². The second kappa shape index (κ2) is 6.23. The Morgan fingerprint density at radius 2 is 2.12 bits per heavy atom. The fraction of sp³-hybridized carbons (Fsp3) is 0.500. The Bertz CT molecular complexity index is 340. The smallest absolute Gasteiger partial charge is 0.124 e. The summed E-state index contributed by atoms with van der Waals surface area (Å²) in [5, 5.41) is 9.14. The molecule has 2 atom stereocenters. The molecule has 16 heavy (non-hydrogen) atoms. The number of rotatable bonds is 5. The average Bonchev–Trinajstić information content (AvgIpc) is 2.19. The van der Waals surface area contributed by atoms with Gasteiger partial charge in [0, 0.05) is 22.5 Å². The van der Waals surface area contributed by atoms with Gasteiger partial charge < -0.3 is 15.6 Å². The molecular weight excluding hydrogens is 270 g/mol. The van der Waals surface area contributed by atoms with Crippen LogP contribution in [0.15, 0.2) is 22.7 Å². The fourth-order valence-corrected chi connectivity index (χ4v) is 1.72. The number of benzene rings is 1. The second-order valence-corrected chi connectivity index (χ2v) is 4.87. The molecule has 3 nitrogen and oxygen atoms in total. The number of nitrogens with two attached hydrogens (primary N) is 1. The van der Waals surface area contributed by atoms with Crippen molar-refractivity contribution in [2.45, 2.75) is 32.4 Å². The molecule has 0 radical (unpaired) electrons. The fourth-order valence-electron chi connectivity index (χ4n) is 1.35. The van der Waals surface area contributed by atoms with Crippen molar-refractivity contribution in [3.8, 4) is 5.75 Å². The van der Waals surface area contributed by atoms with Crippen molar-refractivity contribution < 1.29 is 9.84 Å². The lowest BCUT2D eigenvalue weighted by atomic mass is 10.1. The zero-order valence-corrected chi connectivity index (χ0v) is 11.2.